The van der Waals surface area contributed by atoms with Crippen molar-refractivity contribution in [3.05, 3.63) is 38.9 Å². The van der Waals surface area contributed by atoms with Crippen LogP contribution >= 0.6 is 24.0 Å². The van der Waals surface area contributed by atoms with Crippen LogP contribution in [0.5, 0.6) is 0 Å². The number of hydrogen-bond acceptors (Lipinski definition) is 5. The monoisotopic (exact) mass is 280 g/mol. The van der Waals surface area contributed by atoms with Crippen LogP contribution in [-0.2, 0) is 9.53 Å². The summed E-state index contributed by atoms with van der Waals surface area (Å²) >= 11 is 5.61. The zero-order valence-electron chi connectivity index (χ0n) is 8.75. The molecule has 17 heavy (non-hydrogen) atoms. The quantitative estimate of drug-likeness (QED) is 0.518. The van der Waals surface area contributed by atoms with E-state index >= 15 is 0 Å². The molecule has 0 saturated heterocycles. The molecule has 0 saturated carbocycles. The maximum Gasteiger partial charge on any atom is 0.327 e. The highest BCUT2D eigenvalue weighted by Gasteiger charge is 2.20. The number of nitrogens with zero attached hydrogens (tertiary/aromatic N) is 1. The summed E-state index contributed by atoms with van der Waals surface area (Å²) in [6.45, 7) is 0. The van der Waals surface area contributed by atoms with Gasteiger partial charge in [-0.05, 0) is 11.6 Å². The molecule has 0 aliphatic heterocycles. The Morgan fingerprint density at radius 1 is 1.59 bits per heavy atom. The zero-order chi connectivity index (χ0) is 12.3. The van der Waals surface area contributed by atoms with Crippen molar-refractivity contribution >= 4 is 35.7 Å². The van der Waals surface area contributed by atoms with E-state index in [0.29, 0.717) is 0 Å². The van der Waals surface area contributed by atoms with Crippen LogP contribution in [0.25, 0.3) is 0 Å². The minimum Gasteiger partial charge on any atom is -0.468 e. The van der Waals surface area contributed by atoms with Crippen molar-refractivity contribution in [3.63, 3.8) is 0 Å². The molecule has 0 aliphatic carbocycles. The molecule has 0 amide bonds. The van der Waals surface area contributed by atoms with Gasteiger partial charge in [-0.3, -0.25) is 14.9 Å². The van der Waals surface area contributed by atoms with Gasteiger partial charge in [-0.2, -0.15) is 0 Å². The van der Waals surface area contributed by atoms with E-state index in [0.717, 1.165) is 6.07 Å². The molecular weight excluding hydrogens is 271 g/mol. The molecule has 1 rings (SSSR count). The Bertz CT molecular complexity index is 439. The average Bonchev–Trinajstić information content (AvgIpc) is 2.27. The highest BCUT2D eigenvalue weighted by molar-refractivity contribution is 6.32. The van der Waals surface area contributed by atoms with Crippen LogP contribution in [0.1, 0.15) is 11.6 Å². The molecule has 0 aliphatic rings. The van der Waals surface area contributed by atoms with E-state index in [1.165, 1.54) is 19.2 Å². The molecule has 0 radical (unpaired) electrons. The van der Waals surface area contributed by atoms with Crippen molar-refractivity contribution in [2.75, 3.05) is 7.11 Å². The van der Waals surface area contributed by atoms with Gasteiger partial charge in [-0.1, -0.05) is 17.7 Å². The van der Waals surface area contributed by atoms with Gasteiger partial charge in [0.2, 0.25) is 0 Å². The molecular formula is C9H10Cl2N2O4. The maximum atomic E-state index is 11.1. The number of halogens is 2. The standard InChI is InChI=1S/C9H9ClN2O4.ClH/c1-16-9(13)8(11)5-2-3-6(10)7(4-5)12(14)15;/h2-4,8H,11H2,1H3;1H/t8-;/m1./s1. The third-order valence-corrected chi connectivity index (χ3v) is 2.30. The van der Waals surface area contributed by atoms with Gasteiger partial charge in [0.1, 0.15) is 11.1 Å². The molecule has 0 heterocycles. The summed E-state index contributed by atoms with van der Waals surface area (Å²) in [6, 6.07) is 2.86. The number of nitrogens with two attached hydrogens (primary N) is 1. The first kappa shape index (κ1) is 15.6. The summed E-state index contributed by atoms with van der Waals surface area (Å²) in [6.07, 6.45) is 0. The van der Waals surface area contributed by atoms with Gasteiger partial charge < -0.3 is 10.5 Å². The Labute approximate surface area is 108 Å². The van der Waals surface area contributed by atoms with Gasteiger partial charge in [0, 0.05) is 6.07 Å². The predicted molar refractivity (Wildman–Crippen MR) is 64.3 cm³/mol. The molecule has 1 atom stereocenters. The fraction of sp³-hybridized carbons (Fsp3) is 0.222. The van der Waals surface area contributed by atoms with Gasteiger partial charge in [-0.15, -0.1) is 12.4 Å². The summed E-state index contributed by atoms with van der Waals surface area (Å²) in [7, 11) is 1.19. The molecule has 0 bridgehead atoms. The fourth-order valence-corrected chi connectivity index (χ4v) is 1.31. The molecule has 0 fully saturated rings. The lowest BCUT2D eigenvalue weighted by atomic mass is 10.1. The van der Waals surface area contributed by atoms with Gasteiger partial charge >= 0.3 is 5.97 Å². The topological polar surface area (TPSA) is 95.5 Å². The lowest BCUT2D eigenvalue weighted by molar-refractivity contribution is -0.384. The van der Waals surface area contributed by atoms with Gasteiger partial charge in [0.15, 0.2) is 0 Å². The van der Waals surface area contributed by atoms with Crippen molar-refractivity contribution in [3.8, 4) is 0 Å². The van der Waals surface area contributed by atoms with Crippen LogP contribution in [0.2, 0.25) is 5.02 Å². The van der Waals surface area contributed by atoms with Crippen LogP contribution in [-0.4, -0.2) is 18.0 Å². The molecule has 0 unspecified atom stereocenters. The third kappa shape index (κ3) is 3.55. The van der Waals surface area contributed by atoms with E-state index in [1.807, 2.05) is 0 Å². The summed E-state index contributed by atoms with van der Waals surface area (Å²) in [4.78, 5) is 21.1. The first-order valence-corrected chi connectivity index (χ1v) is 4.62. The number of methoxy groups -OCH3 is 1. The molecule has 0 spiro atoms. The summed E-state index contributed by atoms with van der Waals surface area (Å²) in [5.41, 5.74) is 5.52. The minimum absolute atomic E-state index is 0. The Balaban J connectivity index is 0.00000256. The van der Waals surface area contributed by atoms with E-state index in [4.69, 9.17) is 17.3 Å². The van der Waals surface area contributed by atoms with E-state index < -0.39 is 16.9 Å². The third-order valence-electron chi connectivity index (χ3n) is 1.98. The Kier molecular flexibility index (Phi) is 5.87. The predicted octanol–water partition coefficient (Wildman–Crippen LogP) is 1.84. The Morgan fingerprint density at radius 2 is 2.18 bits per heavy atom. The molecule has 6 nitrogen and oxygen atoms in total. The van der Waals surface area contributed by atoms with Crippen molar-refractivity contribution in [1.29, 1.82) is 0 Å². The van der Waals surface area contributed by atoms with Crippen LogP contribution in [0, 0.1) is 10.1 Å². The fourth-order valence-electron chi connectivity index (χ4n) is 1.13. The highest BCUT2D eigenvalue weighted by atomic mass is 35.5. The van der Waals surface area contributed by atoms with E-state index in [1.54, 1.807) is 0 Å². The Morgan fingerprint density at radius 3 is 2.65 bits per heavy atom. The SMILES string of the molecule is COC(=O)[C@H](N)c1ccc(Cl)c([N+](=O)[O-])c1.Cl. The summed E-state index contributed by atoms with van der Waals surface area (Å²) in [5.74, 6) is -0.670. The second kappa shape index (κ2) is 6.39. The number of nitro benzene ring substituents is 1. The first-order chi connectivity index (χ1) is 7.47. The molecule has 2 N–H and O–H groups in total. The number of hydrogen-bond donors (Lipinski definition) is 1. The molecule has 94 valence electrons. The van der Waals surface area contributed by atoms with Crippen LogP contribution in [0.4, 0.5) is 5.69 Å². The maximum absolute atomic E-state index is 11.1. The summed E-state index contributed by atoms with van der Waals surface area (Å²) < 4.78 is 4.43. The van der Waals surface area contributed by atoms with E-state index in [2.05, 4.69) is 4.74 Å². The molecule has 1 aromatic carbocycles. The normalized spacial score (nSPS) is 11.2. The summed E-state index contributed by atoms with van der Waals surface area (Å²) in [5, 5.41) is 10.6. The number of esters is 1. The van der Waals surface area contributed by atoms with Crippen molar-refractivity contribution in [2.24, 2.45) is 5.73 Å². The second-order valence-electron chi connectivity index (χ2n) is 2.97. The van der Waals surface area contributed by atoms with E-state index in [9.17, 15) is 14.9 Å². The minimum atomic E-state index is -1.05. The lowest BCUT2D eigenvalue weighted by Crippen LogP contribution is -2.22. The number of rotatable bonds is 3. The van der Waals surface area contributed by atoms with Crippen LogP contribution in [0.15, 0.2) is 18.2 Å². The zero-order valence-corrected chi connectivity index (χ0v) is 10.3. The number of nitro groups is 1. The average molecular weight is 281 g/mol. The van der Waals surface area contributed by atoms with E-state index in [-0.39, 0.29) is 28.7 Å². The van der Waals surface area contributed by atoms with Crippen LogP contribution < -0.4 is 5.73 Å². The first-order valence-electron chi connectivity index (χ1n) is 4.24. The smallest absolute Gasteiger partial charge is 0.327 e. The van der Waals surface area contributed by atoms with Crippen LogP contribution in [0.3, 0.4) is 0 Å². The highest BCUT2D eigenvalue weighted by Crippen LogP contribution is 2.27. The van der Waals surface area contributed by atoms with Crippen molar-refractivity contribution in [2.45, 2.75) is 6.04 Å². The number of ether oxygens (including phenoxy) is 1. The number of carbonyl (C=O) groups excluding carboxylic acids is 1. The largest absolute Gasteiger partial charge is 0.468 e. The number of benzene rings is 1. The molecule has 8 heteroatoms. The Hall–Kier alpha value is -1.37. The number of carbonyl (C=O) groups is 1. The molecule has 1 aromatic rings. The van der Waals surface area contributed by atoms with Crippen molar-refractivity contribution in [1.82, 2.24) is 0 Å². The molecule has 0 aromatic heterocycles. The van der Waals surface area contributed by atoms with Gasteiger partial charge in [-0.25, -0.2) is 0 Å². The van der Waals surface area contributed by atoms with Gasteiger partial charge in [0.05, 0.1) is 12.0 Å². The second-order valence-corrected chi connectivity index (χ2v) is 3.38. The van der Waals surface area contributed by atoms with Crippen molar-refractivity contribution < 1.29 is 14.5 Å². The van der Waals surface area contributed by atoms with Gasteiger partial charge in [0.25, 0.3) is 5.69 Å². The lowest BCUT2D eigenvalue weighted by Gasteiger charge is -2.09.